The first-order valence-electron chi connectivity index (χ1n) is 12.4. The number of benzene rings is 3. The number of nitro groups is 1. The molecular weight excluding hydrogens is 508 g/mol. The van der Waals surface area contributed by atoms with E-state index >= 15 is 0 Å². The molecule has 0 bridgehead atoms. The highest BCUT2D eigenvalue weighted by Crippen LogP contribution is 2.66. The highest BCUT2D eigenvalue weighted by atomic mass is 35.5. The van der Waals surface area contributed by atoms with Crippen LogP contribution in [0.15, 0.2) is 66.7 Å². The van der Waals surface area contributed by atoms with Crippen molar-refractivity contribution in [3.8, 4) is 0 Å². The second-order valence-electron chi connectivity index (χ2n) is 10.2. The predicted octanol–water partition coefficient (Wildman–Crippen LogP) is 4.26. The summed E-state index contributed by atoms with van der Waals surface area (Å²) in [5, 5.41) is 17.9. The normalized spacial score (nSPS) is 28.8. The van der Waals surface area contributed by atoms with Crippen LogP contribution in [0.25, 0.3) is 0 Å². The molecule has 3 aromatic rings. The van der Waals surface area contributed by atoms with Gasteiger partial charge in [0.1, 0.15) is 11.0 Å². The number of hydrogen-bond donors (Lipinski definition) is 2. The molecular formula is C28H21ClN4O5. The Bertz CT molecular complexity index is 1610. The Labute approximate surface area is 221 Å². The molecule has 0 aliphatic carbocycles. The number of rotatable bonds is 3. The topological polar surface area (TPSA) is 122 Å². The molecule has 3 aromatic carbocycles. The van der Waals surface area contributed by atoms with E-state index in [1.807, 2.05) is 23.1 Å². The smallest absolute Gasteiger partial charge is 0.270 e. The molecule has 4 atom stereocenters. The molecule has 10 heteroatoms. The second kappa shape index (κ2) is 7.72. The van der Waals surface area contributed by atoms with Crippen LogP contribution < -0.4 is 10.6 Å². The van der Waals surface area contributed by atoms with Crippen molar-refractivity contribution in [3.05, 3.63) is 98.6 Å². The van der Waals surface area contributed by atoms with Crippen molar-refractivity contribution in [2.75, 3.05) is 17.2 Å². The SMILES string of the molecule is O=C(c1cccc([N+](=O)[O-])c1)[C@@H]1[C@]2(C(=O)Nc3ccccc32)[C@@H]2CCCN2[C@]12C(=O)Nc1ccc(Cl)cc12. The zero-order chi connectivity index (χ0) is 26.4. The Kier molecular flexibility index (Phi) is 4.69. The molecule has 0 aromatic heterocycles. The van der Waals surface area contributed by atoms with Crippen molar-refractivity contribution in [1.82, 2.24) is 4.90 Å². The number of Topliss-reactive ketones (excluding diaryl/α,β-unsaturated/α-hetero) is 1. The van der Waals surface area contributed by atoms with E-state index in [2.05, 4.69) is 10.6 Å². The number of amides is 2. The summed E-state index contributed by atoms with van der Waals surface area (Å²) in [5.74, 6) is -2.46. The lowest BCUT2D eigenvalue weighted by Gasteiger charge is -2.38. The van der Waals surface area contributed by atoms with Crippen molar-refractivity contribution in [2.45, 2.75) is 29.8 Å². The van der Waals surface area contributed by atoms with E-state index in [4.69, 9.17) is 11.6 Å². The fraction of sp³-hybridized carbons (Fsp3) is 0.250. The summed E-state index contributed by atoms with van der Waals surface area (Å²) in [4.78, 5) is 56.1. The number of ketones is 1. The standard InChI is InChI=1S/C28H21ClN4O5/c29-16-10-11-21-19(14-16)28(26(36)31-21)24(23(34)15-5-3-6-17(13-15)33(37)38)27(22-9-4-12-32(22)28)18-7-1-2-8-20(18)30-25(27)35/h1-3,5-8,10-11,13-14,22,24H,4,9,12H2,(H,30,35)(H,31,36)/t22-,24+,27+,28-/m0/s1. The number of para-hydroxylation sites is 1. The Morgan fingerprint density at radius 2 is 1.74 bits per heavy atom. The Morgan fingerprint density at radius 3 is 2.55 bits per heavy atom. The molecule has 4 heterocycles. The molecule has 0 unspecified atom stereocenters. The third-order valence-electron chi connectivity index (χ3n) is 8.69. The van der Waals surface area contributed by atoms with E-state index in [0.717, 1.165) is 6.42 Å². The fourth-order valence-corrected chi connectivity index (χ4v) is 7.63. The molecule has 2 saturated heterocycles. The van der Waals surface area contributed by atoms with E-state index in [9.17, 15) is 24.5 Å². The Morgan fingerprint density at radius 1 is 0.974 bits per heavy atom. The molecule has 4 aliphatic rings. The van der Waals surface area contributed by atoms with Crippen LogP contribution in [0.2, 0.25) is 5.02 Å². The van der Waals surface area contributed by atoms with E-state index in [-0.39, 0.29) is 17.2 Å². The number of halogens is 1. The number of carbonyl (C=O) groups is 3. The third-order valence-corrected chi connectivity index (χ3v) is 8.93. The van der Waals surface area contributed by atoms with Gasteiger partial charge in [-0.15, -0.1) is 0 Å². The lowest BCUT2D eigenvalue weighted by atomic mass is 9.60. The summed E-state index contributed by atoms with van der Waals surface area (Å²) < 4.78 is 0. The summed E-state index contributed by atoms with van der Waals surface area (Å²) in [6.07, 6.45) is 1.34. The monoisotopic (exact) mass is 528 g/mol. The fourth-order valence-electron chi connectivity index (χ4n) is 7.46. The largest absolute Gasteiger partial charge is 0.325 e. The molecule has 4 aliphatic heterocycles. The van der Waals surface area contributed by atoms with Gasteiger partial charge in [-0.25, -0.2) is 0 Å². The van der Waals surface area contributed by atoms with Gasteiger partial charge >= 0.3 is 0 Å². The molecule has 2 amide bonds. The highest BCUT2D eigenvalue weighted by Gasteiger charge is 2.78. The first kappa shape index (κ1) is 23.1. The maximum atomic E-state index is 14.7. The van der Waals surface area contributed by atoms with Gasteiger partial charge < -0.3 is 10.6 Å². The maximum absolute atomic E-state index is 14.7. The molecule has 2 fully saturated rings. The van der Waals surface area contributed by atoms with Crippen molar-refractivity contribution >= 4 is 46.3 Å². The van der Waals surface area contributed by atoms with Crippen LogP contribution in [0.1, 0.15) is 34.3 Å². The van der Waals surface area contributed by atoms with Gasteiger partial charge in [-0.2, -0.15) is 0 Å². The van der Waals surface area contributed by atoms with Gasteiger partial charge in [0, 0.05) is 45.7 Å². The van der Waals surface area contributed by atoms with Gasteiger partial charge in [-0.3, -0.25) is 29.4 Å². The molecule has 9 nitrogen and oxygen atoms in total. The summed E-state index contributed by atoms with van der Waals surface area (Å²) in [7, 11) is 0. The number of nitrogens with zero attached hydrogens (tertiary/aromatic N) is 2. The zero-order valence-corrected chi connectivity index (χ0v) is 20.7. The van der Waals surface area contributed by atoms with Gasteiger partial charge in [0.15, 0.2) is 5.78 Å². The highest BCUT2D eigenvalue weighted by molar-refractivity contribution is 6.31. The number of hydrogen-bond acceptors (Lipinski definition) is 6. The number of nitrogens with one attached hydrogen (secondary N) is 2. The summed E-state index contributed by atoms with van der Waals surface area (Å²) >= 11 is 6.44. The predicted molar refractivity (Wildman–Crippen MR) is 139 cm³/mol. The van der Waals surface area contributed by atoms with E-state index in [1.165, 1.54) is 24.3 Å². The van der Waals surface area contributed by atoms with Crippen LogP contribution in [-0.2, 0) is 20.5 Å². The molecule has 2 N–H and O–H groups in total. The summed E-state index contributed by atoms with van der Waals surface area (Å²) in [6.45, 7) is 0.500. The van der Waals surface area contributed by atoms with Crippen LogP contribution >= 0.6 is 11.6 Å². The van der Waals surface area contributed by atoms with Gasteiger partial charge in [0.25, 0.3) is 5.69 Å². The summed E-state index contributed by atoms with van der Waals surface area (Å²) in [6, 6.07) is 17.4. The number of anilines is 2. The number of carbonyl (C=O) groups excluding carboxylic acids is 3. The van der Waals surface area contributed by atoms with Gasteiger partial charge in [0.05, 0.1) is 10.8 Å². The van der Waals surface area contributed by atoms with E-state index < -0.39 is 39.5 Å². The molecule has 0 radical (unpaired) electrons. The third kappa shape index (κ3) is 2.62. The lowest BCUT2D eigenvalue weighted by Crippen LogP contribution is -2.55. The van der Waals surface area contributed by atoms with Crippen molar-refractivity contribution in [3.63, 3.8) is 0 Å². The molecule has 2 spiro atoms. The molecule has 7 rings (SSSR count). The minimum atomic E-state index is -1.53. The number of fused-ring (bicyclic) bond motifs is 7. The van der Waals surface area contributed by atoms with E-state index in [1.54, 1.807) is 24.3 Å². The lowest BCUT2D eigenvalue weighted by molar-refractivity contribution is -0.384. The van der Waals surface area contributed by atoms with Crippen LogP contribution in [0.3, 0.4) is 0 Å². The van der Waals surface area contributed by atoms with Gasteiger partial charge in [0.2, 0.25) is 11.8 Å². The van der Waals surface area contributed by atoms with Crippen molar-refractivity contribution < 1.29 is 19.3 Å². The van der Waals surface area contributed by atoms with E-state index in [0.29, 0.717) is 40.5 Å². The zero-order valence-electron chi connectivity index (χ0n) is 19.9. The molecule has 190 valence electrons. The quantitative estimate of drug-likeness (QED) is 0.297. The number of nitro benzene ring substituents is 1. The first-order chi connectivity index (χ1) is 18.3. The molecule has 0 saturated carbocycles. The summed E-state index contributed by atoms with van der Waals surface area (Å²) in [5.41, 5.74) is -0.759. The first-order valence-corrected chi connectivity index (χ1v) is 12.8. The average Bonchev–Trinajstić information content (AvgIpc) is 3.63. The average molecular weight is 529 g/mol. The van der Waals surface area contributed by atoms with Gasteiger partial charge in [-0.1, -0.05) is 41.9 Å². The van der Waals surface area contributed by atoms with Crippen LogP contribution in [-0.4, -0.2) is 40.0 Å². The minimum Gasteiger partial charge on any atom is -0.325 e. The molecule has 38 heavy (non-hydrogen) atoms. The van der Waals surface area contributed by atoms with Crippen molar-refractivity contribution in [2.24, 2.45) is 5.92 Å². The van der Waals surface area contributed by atoms with Gasteiger partial charge in [-0.05, 0) is 49.2 Å². The minimum absolute atomic E-state index is 0.0737. The number of non-ortho nitro benzene ring substituents is 1. The second-order valence-corrected chi connectivity index (χ2v) is 10.7. The van der Waals surface area contributed by atoms with Crippen molar-refractivity contribution in [1.29, 1.82) is 0 Å². The van der Waals surface area contributed by atoms with Crippen LogP contribution in [0.4, 0.5) is 17.1 Å². The maximum Gasteiger partial charge on any atom is 0.270 e. The Balaban J connectivity index is 1.58. The van der Waals surface area contributed by atoms with Crippen LogP contribution in [0, 0.1) is 16.0 Å². The van der Waals surface area contributed by atoms with Crippen LogP contribution in [0.5, 0.6) is 0 Å². The Hall–Kier alpha value is -4.08.